The first-order valence-corrected chi connectivity index (χ1v) is 6.76. The lowest BCUT2D eigenvalue weighted by molar-refractivity contribution is 0.122. The van der Waals surface area contributed by atoms with Crippen molar-refractivity contribution in [3.8, 4) is 0 Å². The van der Waals surface area contributed by atoms with Crippen LogP contribution >= 0.6 is 11.6 Å². The molecule has 0 atom stereocenters. The Hall–Kier alpha value is -0.840. The molecule has 1 aliphatic rings. The van der Waals surface area contributed by atoms with Crippen LogP contribution in [0.3, 0.4) is 0 Å². The van der Waals surface area contributed by atoms with E-state index in [0.717, 1.165) is 42.8 Å². The van der Waals surface area contributed by atoms with E-state index < -0.39 is 0 Å². The molecule has 5 heteroatoms. The smallest absolute Gasteiger partial charge is 0.129 e. The minimum atomic E-state index is 0.426. The fourth-order valence-electron chi connectivity index (χ4n) is 1.87. The lowest BCUT2D eigenvalue weighted by atomic mass is 10.3. The Labute approximate surface area is 113 Å². The van der Waals surface area contributed by atoms with Crippen molar-refractivity contribution < 1.29 is 4.74 Å². The summed E-state index contributed by atoms with van der Waals surface area (Å²) < 4.78 is 5.35. The van der Waals surface area contributed by atoms with Gasteiger partial charge in [0.1, 0.15) is 5.82 Å². The highest BCUT2D eigenvalue weighted by Gasteiger charge is 2.14. The predicted molar refractivity (Wildman–Crippen MR) is 74.3 cm³/mol. The number of aromatic nitrogens is 1. The van der Waals surface area contributed by atoms with E-state index in [1.807, 2.05) is 12.1 Å². The third kappa shape index (κ3) is 3.57. The minimum absolute atomic E-state index is 0.426. The van der Waals surface area contributed by atoms with E-state index in [1.54, 1.807) is 0 Å². The van der Waals surface area contributed by atoms with Crippen LogP contribution in [0.4, 0.5) is 5.82 Å². The Morgan fingerprint density at radius 3 is 2.78 bits per heavy atom. The number of nitrogens with one attached hydrogen (secondary N) is 1. The maximum atomic E-state index is 6.17. The van der Waals surface area contributed by atoms with Gasteiger partial charge in [0.25, 0.3) is 0 Å². The summed E-state index contributed by atoms with van der Waals surface area (Å²) >= 11 is 6.17. The number of rotatable bonds is 4. The second kappa shape index (κ2) is 6.36. The molecule has 1 fully saturated rings. The van der Waals surface area contributed by atoms with Gasteiger partial charge in [0, 0.05) is 25.7 Å². The Morgan fingerprint density at radius 1 is 1.39 bits per heavy atom. The number of anilines is 1. The normalized spacial score (nSPS) is 16.3. The summed E-state index contributed by atoms with van der Waals surface area (Å²) in [4.78, 5) is 6.88. The van der Waals surface area contributed by atoms with Gasteiger partial charge in [-0.3, -0.25) is 0 Å². The molecule has 0 saturated carbocycles. The van der Waals surface area contributed by atoms with E-state index in [9.17, 15) is 0 Å². The van der Waals surface area contributed by atoms with Gasteiger partial charge in [0.05, 0.1) is 23.9 Å². The minimum Gasteiger partial charge on any atom is -0.378 e. The van der Waals surface area contributed by atoms with Gasteiger partial charge >= 0.3 is 0 Å². The third-order valence-corrected chi connectivity index (χ3v) is 3.26. The summed E-state index contributed by atoms with van der Waals surface area (Å²) in [5, 5.41) is 4.06. The summed E-state index contributed by atoms with van der Waals surface area (Å²) in [6.07, 6.45) is 0. The van der Waals surface area contributed by atoms with E-state index in [-0.39, 0.29) is 0 Å². The van der Waals surface area contributed by atoms with Gasteiger partial charge in [-0.25, -0.2) is 4.98 Å². The van der Waals surface area contributed by atoms with Crippen molar-refractivity contribution >= 4 is 17.4 Å². The number of halogens is 1. The zero-order chi connectivity index (χ0) is 13.0. The molecule has 0 unspecified atom stereocenters. The second-order valence-electron chi connectivity index (χ2n) is 4.73. The van der Waals surface area contributed by atoms with Crippen molar-refractivity contribution in [1.82, 2.24) is 10.3 Å². The Morgan fingerprint density at radius 2 is 2.11 bits per heavy atom. The molecule has 1 saturated heterocycles. The van der Waals surface area contributed by atoms with Gasteiger partial charge in [0.2, 0.25) is 0 Å². The highest BCUT2D eigenvalue weighted by molar-refractivity contribution is 6.31. The average molecular weight is 270 g/mol. The van der Waals surface area contributed by atoms with Gasteiger partial charge in [-0.15, -0.1) is 0 Å². The van der Waals surface area contributed by atoms with Crippen molar-refractivity contribution in [2.45, 2.75) is 26.4 Å². The Kier molecular flexibility index (Phi) is 4.80. The zero-order valence-corrected chi connectivity index (χ0v) is 11.7. The summed E-state index contributed by atoms with van der Waals surface area (Å²) in [6.45, 7) is 8.25. The molecule has 2 rings (SSSR count). The molecule has 4 nitrogen and oxygen atoms in total. The quantitative estimate of drug-likeness (QED) is 0.908. The number of hydrogen-bond donors (Lipinski definition) is 1. The fraction of sp³-hybridized carbons (Fsp3) is 0.615. The van der Waals surface area contributed by atoms with E-state index in [2.05, 4.69) is 29.0 Å². The van der Waals surface area contributed by atoms with E-state index in [0.29, 0.717) is 12.6 Å². The summed E-state index contributed by atoms with van der Waals surface area (Å²) in [7, 11) is 0. The predicted octanol–water partition coefficient (Wildman–Crippen LogP) is 2.07. The molecule has 0 aromatic carbocycles. The van der Waals surface area contributed by atoms with Crippen molar-refractivity contribution in [2.24, 2.45) is 0 Å². The molecular formula is C13H20ClN3O. The first-order chi connectivity index (χ1) is 8.66. The lowest BCUT2D eigenvalue weighted by Gasteiger charge is -2.28. The molecule has 1 aliphatic heterocycles. The van der Waals surface area contributed by atoms with Gasteiger partial charge in [-0.2, -0.15) is 0 Å². The van der Waals surface area contributed by atoms with Crippen molar-refractivity contribution in [2.75, 3.05) is 31.2 Å². The van der Waals surface area contributed by atoms with Crippen molar-refractivity contribution in [3.05, 3.63) is 22.8 Å². The van der Waals surface area contributed by atoms with Crippen LogP contribution < -0.4 is 10.2 Å². The van der Waals surface area contributed by atoms with E-state index in [4.69, 9.17) is 16.3 Å². The van der Waals surface area contributed by atoms with Crippen LogP contribution in [0.15, 0.2) is 12.1 Å². The summed E-state index contributed by atoms with van der Waals surface area (Å²) in [5.41, 5.74) is 0.911. The molecular weight excluding hydrogens is 250 g/mol. The molecule has 2 heterocycles. The monoisotopic (exact) mass is 269 g/mol. The van der Waals surface area contributed by atoms with Crippen LogP contribution in [-0.2, 0) is 11.3 Å². The largest absolute Gasteiger partial charge is 0.378 e. The van der Waals surface area contributed by atoms with Gasteiger partial charge in [-0.1, -0.05) is 25.4 Å². The van der Waals surface area contributed by atoms with Gasteiger partial charge in [-0.05, 0) is 12.1 Å². The lowest BCUT2D eigenvalue weighted by Crippen LogP contribution is -2.37. The number of nitrogens with zero attached hydrogens (tertiary/aromatic N) is 2. The Balaban J connectivity index is 2.09. The molecule has 1 N–H and O–H groups in total. The molecule has 0 bridgehead atoms. The van der Waals surface area contributed by atoms with Crippen LogP contribution in [0.25, 0.3) is 0 Å². The first kappa shape index (κ1) is 13.6. The van der Waals surface area contributed by atoms with Crippen molar-refractivity contribution in [3.63, 3.8) is 0 Å². The van der Waals surface area contributed by atoms with Gasteiger partial charge < -0.3 is 15.0 Å². The van der Waals surface area contributed by atoms with Crippen LogP contribution in [0.1, 0.15) is 19.5 Å². The number of morpholine rings is 1. The molecule has 0 amide bonds. The topological polar surface area (TPSA) is 37.4 Å². The molecule has 1 aromatic rings. The van der Waals surface area contributed by atoms with Gasteiger partial charge in [0.15, 0.2) is 0 Å². The fourth-order valence-corrected chi connectivity index (χ4v) is 2.04. The molecule has 0 aliphatic carbocycles. The van der Waals surface area contributed by atoms with E-state index in [1.165, 1.54) is 0 Å². The number of hydrogen-bond acceptors (Lipinski definition) is 4. The zero-order valence-electron chi connectivity index (χ0n) is 10.9. The van der Waals surface area contributed by atoms with E-state index >= 15 is 0 Å². The SMILES string of the molecule is CC(C)NCc1nc(N2CCOCC2)ccc1Cl. The molecule has 1 aromatic heterocycles. The maximum Gasteiger partial charge on any atom is 0.129 e. The number of pyridine rings is 1. The van der Waals surface area contributed by atoms with Crippen LogP contribution in [0.2, 0.25) is 5.02 Å². The van der Waals surface area contributed by atoms with Crippen molar-refractivity contribution in [1.29, 1.82) is 0 Å². The number of ether oxygens (including phenoxy) is 1. The summed E-state index contributed by atoms with van der Waals surface area (Å²) in [5.74, 6) is 0.989. The van der Waals surface area contributed by atoms with Crippen LogP contribution in [0, 0.1) is 0 Å². The maximum absolute atomic E-state index is 6.17. The summed E-state index contributed by atoms with van der Waals surface area (Å²) in [6, 6.07) is 4.33. The Bertz CT molecular complexity index is 392. The molecule has 18 heavy (non-hydrogen) atoms. The second-order valence-corrected chi connectivity index (χ2v) is 5.14. The molecule has 0 spiro atoms. The standard InChI is InChI=1S/C13H20ClN3O/c1-10(2)15-9-12-11(14)3-4-13(16-12)17-5-7-18-8-6-17/h3-4,10,15H,5-9H2,1-2H3. The first-order valence-electron chi connectivity index (χ1n) is 6.38. The average Bonchev–Trinajstić information content (AvgIpc) is 2.38. The highest BCUT2D eigenvalue weighted by atomic mass is 35.5. The highest BCUT2D eigenvalue weighted by Crippen LogP contribution is 2.20. The van der Waals surface area contributed by atoms with Crippen LogP contribution in [-0.4, -0.2) is 37.3 Å². The molecule has 0 radical (unpaired) electrons. The molecule has 100 valence electrons. The third-order valence-electron chi connectivity index (χ3n) is 2.92. The van der Waals surface area contributed by atoms with Crippen LogP contribution in [0.5, 0.6) is 0 Å².